The second kappa shape index (κ2) is 9.07. The van der Waals surface area contributed by atoms with Crippen molar-refractivity contribution in [1.82, 2.24) is 14.8 Å². The number of rotatable bonds is 8. The Kier molecular flexibility index (Phi) is 6.51. The van der Waals surface area contributed by atoms with Crippen molar-refractivity contribution < 1.29 is 19.7 Å². The molecule has 0 bridgehead atoms. The van der Waals surface area contributed by atoms with Crippen LogP contribution in [0.1, 0.15) is 38.2 Å². The van der Waals surface area contributed by atoms with Gasteiger partial charge in [-0.2, -0.15) is 9.78 Å². The molecule has 2 aromatic heterocycles. The number of phenolic OH excluding ortho intramolecular Hbond substituents is 1. The van der Waals surface area contributed by atoms with Crippen molar-refractivity contribution in [1.29, 1.82) is 0 Å². The number of nitrogens with zero attached hydrogens (tertiary/aromatic N) is 3. The van der Waals surface area contributed by atoms with E-state index in [1.807, 2.05) is 58.0 Å². The Morgan fingerprint density at radius 1 is 1.14 bits per heavy atom. The van der Waals surface area contributed by atoms with Gasteiger partial charge in [-0.25, -0.2) is 4.98 Å². The van der Waals surface area contributed by atoms with E-state index in [9.17, 15) is 10.2 Å². The summed E-state index contributed by atoms with van der Waals surface area (Å²) in [6, 6.07) is 11.0. The van der Waals surface area contributed by atoms with Crippen LogP contribution in [-0.4, -0.2) is 38.2 Å². The predicted molar refractivity (Wildman–Crippen MR) is 110 cm³/mol. The maximum atomic E-state index is 10.4. The van der Waals surface area contributed by atoms with Gasteiger partial charge < -0.3 is 19.7 Å². The third kappa shape index (κ3) is 4.58. The first-order chi connectivity index (χ1) is 13.9. The summed E-state index contributed by atoms with van der Waals surface area (Å²) in [5.41, 5.74) is 2.47. The molecule has 2 N–H and O–H groups in total. The van der Waals surface area contributed by atoms with E-state index in [2.05, 4.69) is 10.1 Å². The molecule has 0 aliphatic heterocycles. The van der Waals surface area contributed by atoms with Gasteiger partial charge in [-0.3, -0.25) is 0 Å². The van der Waals surface area contributed by atoms with Crippen molar-refractivity contribution in [2.45, 2.75) is 34.0 Å². The number of aliphatic hydroxyl groups is 1. The van der Waals surface area contributed by atoms with Crippen LogP contribution in [0.5, 0.6) is 11.6 Å². The first-order valence-electron chi connectivity index (χ1n) is 9.69. The van der Waals surface area contributed by atoms with E-state index in [-0.39, 0.29) is 5.75 Å². The Morgan fingerprint density at radius 3 is 2.62 bits per heavy atom. The van der Waals surface area contributed by atoms with E-state index in [1.165, 1.54) is 10.9 Å². The number of aromatic hydroxyl groups is 1. The largest absolute Gasteiger partial charge is 0.507 e. The van der Waals surface area contributed by atoms with Crippen molar-refractivity contribution in [3.8, 4) is 28.7 Å². The highest BCUT2D eigenvalue weighted by Crippen LogP contribution is 2.32. The molecule has 0 saturated heterocycles. The first kappa shape index (κ1) is 20.8. The average Bonchev–Trinajstić information content (AvgIpc) is 3.13. The van der Waals surface area contributed by atoms with Gasteiger partial charge in [0.2, 0.25) is 5.88 Å². The minimum atomic E-state index is -1.14. The zero-order valence-electron chi connectivity index (χ0n) is 17.2. The molecule has 7 nitrogen and oxygen atoms in total. The average molecular weight is 397 g/mol. The van der Waals surface area contributed by atoms with Crippen LogP contribution in [0.15, 0.2) is 42.6 Å². The third-order valence-electron chi connectivity index (χ3n) is 4.36. The Hall–Kier alpha value is -2.90. The third-order valence-corrected chi connectivity index (χ3v) is 4.36. The molecule has 0 aliphatic rings. The predicted octanol–water partition coefficient (Wildman–Crippen LogP) is 4.01. The summed E-state index contributed by atoms with van der Waals surface area (Å²) < 4.78 is 12.8. The van der Waals surface area contributed by atoms with E-state index in [0.29, 0.717) is 47.7 Å². The van der Waals surface area contributed by atoms with Crippen molar-refractivity contribution in [3.05, 3.63) is 53.7 Å². The standard InChI is InChI=1S/C22H27N3O4/c1-5-28-22(27)17-12-23-25(21(17)29-13-14(2)3)19-11-7-10-18(24-19)16-9-6-8-15(4)20(16)26/h6-12,14,22,26-27H,5,13H2,1-4H3. The SMILES string of the molecule is CCOC(O)c1cnn(-c2cccc(-c3cccc(C)c3O)n2)c1OCC(C)C. The normalized spacial score (nSPS) is 12.3. The summed E-state index contributed by atoms with van der Waals surface area (Å²) in [4.78, 5) is 4.66. The van der Waals surface area contributed by atoms with Gasteiger partial charge in [0, 0.05) is 12.2 Å². The molecular weight excluding hydrogens is 370 g/mol. The molecule has 1 unspecified atom stereocenters. The molecule has 0 amide bonds. The maximum Gasteiger partial charge on any atom is 0.226 e. The van der Waals surface area contributed by atoms with Crippen LogP contribution in [-0.2, 0) is 4.74 Å². The molecule has 3 aromatic rings. The van der Waals surface area contributed by atoms with Crippen LogP contribution in [0.3, 0.4) is 0 Å². The highest BCUT2D eigenvalue weighted by atomic mass is 16.6. The molecule has 1 atom stereocenters. The summed E-state index contributed by atoms with van der Waals surface area (Å²) >= 11 is 0. The lowest BCUT2D eigenvalue weighted by molar-refractivity contribution is -0.0992. The van der Waals surface area contributed by atoms with Crippen molar-refractivity contribution in [3.63, 3.8) is 0 Å². The quantitative estimate of drug-likeness (QED) is 0.558. The lowest BCUT2D eigenvalue weighted by Crippen LogP contribution is -2.12. The minimum Gasteiger partial charge on any atom is -0.507 e. The fraction of sp³-hybridized carbons (Fsp3) is 0.364. The highest BCUT2D eigenvalue weighted by Gasteiger charge is 2.22. The topological polar surface area (TPSA) is 89.6 Å². The molecule has 3 rings (SSSR count). The van der Waals surface area contributed by atoms with Crippen LogP contribution >= 0.6 is 0 Å². The zero-order valence-corrected chi connectivity index (χ0v) is 17.2. The second-order valence-corrected chi connectivity index (χ2v) is 7.18. The van der Waals surface area contributed by atoms with E-state index in [4.69, 9.17) is 9.47 Å². The van der Waals surface area contributed by atoms with Gasteiger partial charge in [-0.15, -0.1) is 0 Å². The molecule has 7 heteroatoms. The number of para-hydroxylation sites is 1. The maximum absolute atomic E-state index is 10.4. The summed E-state index contributed by atoms with van der Waals surface area (Å²) in [6.07, 6.45) is 0.383. The molecule has 0 saturated carbocycles. The Morgan fingerprint density at radius 2 is 1.90 bits per heavy atom. The number of aromatic nitrogens is 3. The molecule has 0 fully saturated rings. The van der Waals surface area contributed by atoms with Gasteiger partial charge in [0.25, 0.3) is 0 Å². The highest BCUT2D eigenvalue weighted by molar-refractivity contribution is 5.69. The van der Waals surface area contributed by atoms with E-state index in [1.54, 1.807) is 6.07 Å². The van der Waals surface area contributed by atoms with Crippen LogP contribution in [0, 0.1) is 12.8 Å². The fourth-order valence-corrected chi connectivity index (χ4v) is 2.88. The van der Waals surface area contributed by atoms with Crippen LogP contribution in [0.2, 0.25) is 0 Å². The smallest absolute Gasteiger partial charge is 0.226 e. The molecule has 1 aromatic carbocycles. The molecular formula is C22H27N3O4. The Bertz CT molecular complexity index is 968. The van der Waals surface area contributed by atoms with Crippen molar-refractivity contribution >= 4 is 0 Å². The monoisotopic (exact) mass is 397 g/mol. The summed E-state index contributed by atoms with van der Waals surface area (Å²) in [5, 5.41) is 25.1. The van der Waals surface area contributed by atoms with Crippen LogP contribution in [0.4, 0.5) is 0 Å². The Labute approximate surface area is 170 Å². The summed E-state index contributed by atoms with van der Waals surface area (Å²) in [7, 11) is 0. The molecule has 154 valence electrons. The number of phenols is 1. The van der Waals surface area contributed by atoms with E-state index < -0.39 is 6.29 Å². The van der Waals surface area contributed by atoms with Crippen LogP contribution < -0.4 is 4.74 Å². The molecule has 0 radical (unpaired) electrons. The first-order valence-corrected chi connectivity index (χ1v) is 9.69. The number of ether oxygens (including phenoxy) is 2. The van der Waals surface area contributed by atoms with E-state index >= 15 is 0 Å². The van der Waals surface area contributed by atoms with Gasteiger partial charge in [0.05, 0.1) is 24.1 Å². The number of hydrogen-bond acceptors (Lipinski definition) is 6. The molecule has 29 heavy (non-hydrogen) atoms. The Balaban J connectivity index is 2.05. The number of aryl methyl sites for hydroxylation is 1. The zero-order chi connectivity index (χ0) is 21.0. The van der Waals surface area contributed by atoms with Crippen LogP contribution in [0.25, 0.3) is 17.1 Å². The lowest BCUT2D eigenvalue weighted by atomic mass is 10.1. The van der Waals surface area contributed by atoms with Gasteiger partial charge >= 0.3 is 0 Å². The number of aliphatic hydroxyl groups excluding tert-OH is 1. The lowest BCUT2D eigenvalue weighted by Gasteiger charge is -2.15. The summed E-state index contributed by atoms with van der Waals surface area (Å²) in [5.74, 6) is 1.38. The van der Waals surface area contributed by atoms with Gasteiger partial charge in [0.1, 0.15) is 5.75 Å². The number of pyridine rings is 1. The minimum absolute atomic E-state index is 0.196. The van der Waals surface area contributed by atoms with Crippen molar-refractivity contribution in [2.24, 2.45) is 5.92 Å². The van der Waals surface area contributed by atoms with Crippen molar-refractivity contribution in [2.75, 3.05) is 13.2 Å². The molecule has 0 aliphatic carbocycles. The fourth-order valence-electron chi connectivity index (χ4n) is 2.88. The summed E-state index contributed by atoms with van der Waals surface area (Å²) in [6.45, 7) is 8.54. The number of hydrogen-bond donors (Lipinski definition) is 2. The molecule has 0 spiro atoms. The van der Waals surface area contributed by atoms with Gasteiger partial charge in [0.15, 0.2) is 12.1 Å². The van der Waals surface area contributed by atoms with Gasteiger partial charge in [-0.05, 0) is 43.5 Å². The molecule has 2 heterocycles. The van der Waals surface area contributed by atoms with E-state index in [0.717, 1.165) is 5.56 Å². The second-order valence-electron chi connectivity index (χ2n) is 7.18. The number of benzene rings is 1. The van der Waals surface area contributed by atoms with Gasteiger partial charge in [-0.1, -0.05) is 32.0 Å².